The van der Waals surface area contributed by atoms with Crippen molar-refractivity contribution in [3.8, 4) is 0 Å². The average molecular weight is 293 g/mol. The summed E-state index contributed by atoms with van der Waals surface area (Å²) < 4.78 is 47.4. The first-order valence-electron chi connectivity index (χ1n) is 5.47. The summed E-state index contributed by atoms with van der Waals surface area (Å²) in [6.45, 7) is 0. The molecule has 1 atom stereocenters. The molecule has 1 fully saturated rings. The summed E-state index contributed by atoms with van der Waals surface area (Å²) in [4.78, 5) is 0.441. The topological polar surface area (TPSA) is 46.2 Å². The Balaban J connectivity index is 2.09. The van der Waals surface area contributed by atoms with Crippen LogP contribution in [0.25, 0.3) is 0 Å². The van der Waals surface area contributed by atoms with E-state index in [1.54, 1.807) is 24.3 Å². The van der Waals surface area contributed by atoms with Crippen molar-refractivity contribution in [2.45, 2.75) is 23.1 Å². The van der Waals surface area contributed by atoms with Gasteiger partial charge in [-0.3, -0.25) is 0 Å². The summed E-state index contributed by atoms with van der Waals surface area (Å²) >= 11 is 0.463. The van der Waals surface area contributed by atoms with E-state index < -0.39 is 15.6 Å². The summed E-state index contributed by atoms with van der Waals surface area (Å²) in [5.74, 6) is -2.25. The van der Waals surface area contributed by atoms with Crippen LogP contribution in [0.15, 0.2) is 29.2 Å². The van der Waals surface area contributed by atoms with Gasteiger partial charge in [0.25, 0.3) is 5.76 Å². The van der Waals surface area contributed by atoms with Crippen molar-refractivity contribution >= 4 is 27.3 Å². The second-order valence-electron chi connectivity index (χ2n) is 4.12. The molecule has 0 amide bonds. The Labute approximate surface area is 109 Å². The Kier molecular flexibility index (Phi) is 4.11. The van der Waals surface area contributed by atoms with Crippen LogP contribution in [0.2, 0.25) is 0 Å². The maximum atomic E-state index is 12.4. The van der Waals surface area contributed by atoms with E-state index in [1.807, 2.05) is 0 Å². The molecular weight excluding hydrogens is 280 g/mol. The molecule has 1 heterocycles. The van der Waals surface area contributed by atoms with Crippen LogP contribution in [0.3, 0.4) is 0 Å². The van der Waals surface area contributed by atoms with Crippen LogP contribution in [0, 0.1) is 0 Å². The van der Waals surface area contributed by atoms with Crippen molar-refractivity contribution in [2.24, 2.45) is 0 Å². The van der Waals surface area contributed by atoms with Gasteiger partial charge in [0.15, 0.2) is 9.84 Å². The van der Waals surface area contributed by atoms with Gasteiger partial charge in [0.2, 0.25) is 0 Å². The summed E-state index contributed by atoms with van der Waals surface area (Å²) in [6.07, 6.45) is 0.524. The standard InChI is InChI=1S/C11H13F2NO2S2/c12-11(13)17-10-4-2-1-3-9(10)14-8-5-6-18(15,16)7-8/h1-4,8,11,14H,5-7H2. The first kappa shape index (κ1) is 13.6. The van der Waals surface area contributed by atoms with Gasteiger partial charge in [0, 0.05) is 16.6 Å². The Morgan fingerprint density at radius 1 is 1.33 bits per heavy atom. The first-order chi connectivity index (χ1) is 8.46. The zero-order chi connectivity index (χ0) is 13.2. The molecule has 0 radical (unpaired) electrons. The quantitative estimate of drug-likeness (QED) is 0.867. The van der Waals surface area contributed by atoms with Crippen LogP contribution < -0.4 is 5.32 Å². The highest BCUT2D eigenvalue weighted by Gasteiger charge is 2.28. The van der Waals surface area contributed by atoms with Gasteiger partial charge < -0.3 is 5.32 Å². The Hall–Kier alpha value is -0.820. The van der Waals surface area contributed by atoms with Crippen molar-refractivity contribution < 1.29 is 17.2 Å². The molecule has 1 saturated heterocycles. The maximum Gasteiger partial charge on any atom is 0.288 e. The van der Waals surface area contributed by atoms with Crippen molar-refractivity contribution in [1.29, 1.82) is 0 Å². The fourth-order valence-corrected chi connectivity index (χ4v) is 4.19. The van der Waals surface area contributed by atoms with Crippen LogP contribution in [-0.2, 0) is 9.84 Å². The van der Waals surface area contributed by atoms with E-state index in [0.717, 1.165) is 0 Å². The number of halogens is 2. The van der Waals surface area contributed by atoms with Gasteiger partial charge in [-0.15, -0.1) is 0 Å². The van der Waals surface area contributed by atoms with Crippen molar-refractivity contribution in [2.75, 3.05) is 16.8 Å². The maximum absolute atomic E-state index is 12.4. The minimum absolute atomic E-state index is 0.0701. The second kappa shape index (κ2) is 5.44. The van der Waals surface area contributed by atoms with Gasteiger partial charge in [0.05, 0.1) is 11.5 Å². The molecule has 7 heteroatoms. The highest BCUT2D eigenvalue weighted by atomic mass is 32.2. The number of hydrogen-bond donors (Lipinski definition) is 1. The van der Waals surface area contributed by atoms with Crippen molar-refractivity contribution in [3.63, 3.8) is 0 Å². The second-order valence-corrected chi connectivity index (χ2v) is 7.38. The lowest BCUT2D eigenvalue weighted by Gasteiger charge is -2.15. The van der Waals surface area contributed by atoms with E-state index in [4.69, 9.17) is 0 Å². The number of hydrogen-bond acceptors (Lipinski definition) is 4. The fourth-order valence-electron chi connectivity index (χ4n) is 1.91. The molecule has 1 aliphatic rings. The monoisotopic (exact) mass is 293 g/mol. The number of para-hydroxylation sites is 1. The van der Waals surface area contributed by atoms with E-state index >= 15 is 0 Å². The third kappa shape index (κ3) is 3.58. The van der Waals surface area contributed by atoms with E-state index in [0.29, 0.717) is 28.8 Å². The van der Waals surface area contributed by atoms with Crippen LogP contribution >= 0.6 is 11.8 Å². The van der Waals surface area contributed by atoms with E-state index in [2.05, 4.69) is 5.32 Å². The molecule has 1 aromatic carbocycles. The van der Waals surface area contributed by atoms with Gasteiger partial charge in [-0.1, -0.05) is 23.9 Å². The first-order valence-corrected chi connectivity index (χ1v) is 8.17. The summed E-state index contributed by atoms with van der Waals surface area (Å²) in [5, 5.41) is 3.04. The van der Waals surface area contributed by atoms with E-state index in [1.165, 1.54) is 0 Å². The number of nitrogens with one attached hydrogen (secondary N) is 1. The van der Waals surface area contributed by atoms with Gasteiger partial charge >= 0.3 is 0 Å². The molecule has 2 rings (SSSR count). The molecule has 0 aliphatic carbocycles. The molecule has 0 aromatic heterocycles. The van der Waals surface area contributed by atoms with Crippen LogP contribution in [0.4, 0.5) is 14.5 Å². The molecule has 3 nitrogen and oxygen atoms in total. The number of thioether (sulfide) groups is 1. The molecular formula is C11H13F2NO2S2. The zero-order valence-electron chi connectivity index (χ0n) is 9.47. The molecule has 0 saturated carbocycles. The molecule has 0 spiro atoms. The highest BCUT2D eigenvalue weighted by molar-refractivity contribution is 7.99. The molecule has 0 bridgehead atoms. The Morgan fingerprint density at radius 3 is 2.67 bits per heavy atom. The van der Waals surface area contributed by atoms with E-state index in [-0.39, 0.29) is 17.5 Å². The zero-order valence-corrected chi connectivity index (χ0v) is 11.1. The SMILES string of the molecule is O=S1(=O)CCC(Nc2ccccc2SC(F)F)C1. The molecule has 18 heavy (non-hydrogen) atoms. The average Bonchev–Trinajstić information content (AvgIpc) is 2.60. The van der Waals surface area contributed by atoms with Gasteiger partial charge in [0.1, 0.15) is 0 Å². The van der Waals surface area contributed by atoms with Crippen molar-refractivity contribution in [3.05, 3.63) is 24.3 Å². The lowest BCUT2D eigenvalue weighted by atomic mass is 10.2. The molecule has 1 N–H and O–H groups in total. The predicted octanol–water partition coefficient (Wildman–Crippen LogP) is 2.60. The van der Waals surface area contributed by atoms with Gasteiger partial charge in [-0.2, -0.15) is 8.78 Å². The number of benzene rings is 1. The van der Waals surface area contributed by atoms with E-state index in [9.17, 15) is 17.2 Å². The summed E-state index contributed by atoms with van der Waals surface area (Å²) in [7, 11) is -2.97. The smallest absolute Gasteiger partial charge is 0.288 e. The largest absolute Gasteiger partial charge is 0.380 e. The lowest BCUT2D eigenvalue weighted by Crippen LogP contribution is -2.20. The lowest BCUT2D eigenvalue weighted by molar-refractivity contribution is 0.252. The number of rotatable bonds is 4. The molecule has 1 unspecified atom stereocenters. The normalized spacial score (nSPS) is 22.3. The Bertz CT molecular complexity index is 520. The molecule has 100 valence electrons. The Morgan fingerprint density at radius 2 is 2.06 bits per heavy atom. The van der Waals surface area contributed by atoms with Gasteiger partial charge in [-0.25, -0.2) is 8.42 Å². The molecule has 1 aromatic rings. The third-order valence-electron chi connectivity index (χ3n) is 2.70. The summed E-state index contributed by atoms with van der Waals surface area (Å²) in [5.41, 5.74) is 0.574. The fraction of sp³-hybridized carbons (Fsp3) is 0.455. The van der Waals surface area contributed by atoms with Crippen LogP contribution in [0.1, 0.15) is 6.42 Å². The van der Waals surface area contributed by atoms with Gasteiger partial charge in [-0.05, 0) is 18.6 Å². The van der Waals surface area contributed by atoms with Crippen LogP contribution in [-0.4, -0.2) is 31.7 Å². The number of alkyl halides is 2. The summed E-state index contributed by atoms with van der Waals surface area (Å²) in [6, 6.07) is 6.52. The third-order valence-corrected chi connectivity index (χ3v) is 5.25. The number of sulfone groups is 1. The molecule has 1 aliphatic heterocycles. The minimum Gasteiger partial charge on any atom is -0.380 e. The van der Waals surface area contributed by atoms with Crippen LogP contribution in [0.5, 0.6) is 0 Å². The minimum atomic E-state index is -2.97. The van der Waals surface area contributed by atoms with Crippen molar-refractivity contribution in [1.82, 2.24) is 0 Å². The predicted molar refractivity (Wildman–Crippen MR) is 69.0 cm³/mol. The highest BCUT2D eigenvalue weighted by Crippen LogP contribution is 2.32. The number of anilines is 1.